The molecule has 0 aromatic carbocycles. The van der Waals surface area contributed by atoms with Crippen molar-refractivity contribution in [1.29, 1.82) is 0 Å². The molecule has 3 aromatic rings. The number of carbonyl (C=O) groups is 2. The zero-order chi connectivity index (χ0) is 26.3. The molecule has 8 bridgehead atoms. The number of nitrogens with two attached hydrogens (primary N) is 2. The molecule has 182 valence electrons. The minimum atomic E-state index is -0.852. The molecule has 0 saturated heterocycles. The van der Waals surface area contributed by atoms with E-state index in [0.29, 0.717) is 44.8 Å². The van der Waals surface area contributed by atoms with Crippen LogP contribution in [0.2, 0.25) is 0 Å². The normalized spacial score (nSPS) is 14.5. The topological polar surface area (TPSA) is 122 Å². The van der Waals surface area contributed by atoms with E-state index in [1.807, 2.05) is 18.2 Å². The fourth-order valence-electron chi connectivity index (χ4n) is 4.02. The van der Waals surface area contributed by atoms with Gasteiger partial charge in [-0.1, -0.05) is 0 Å². The van der Waals surface area contributed by atoms with Gasteiger partial charge in [0.1, 0.15) is 0 Å². The maximum atomic E-state index is 13.2. The third-order valence-corrected chi connectivity index (χ3v) is 6.60. The Hall–Kier alpha value is -3.44. The predicted octanol–water partition coefficient (Wildman–Crippen LogP) is 3.40. The smallest absolute Gasteiger partial charge is 0.249 e. The van der Waals surface area contributed by atoms with E-state index in [4.69, 9.17) is 12.8 Å². The molecule has 5 heterocycles. The van der Waals surface area contributed by atoms with Crippen molar-refractivity contribution in [3.05, 3.63) is 71.3 Å². The number of rotatable bonds is 4. The molecular weight excluding hydrogens is 492 g/mol. The number of aromatic nitrogens is 4. The summed E-state index contributed by atoms with van der Waals surface area (Å²) in [6.45, 7) is 0. The standard InChI is InChI=1S/C26H24N6O2S2/c27-23(13-35)25(33)31-19-5-6-21(31)11-17-3-4-18(30-17)12-22-8-7-20(32(22)26(34)24(28)14-36)10-16-2-1-15(9-19)29-16/h1-12,23-24,35-36H,13-14,27-28H2/t23-,24-/m0/s1/i5D. The molecule has 0 aliphatic carbocycles. The van der Waals surface area contributed by atoms with Crippen molar-refractivity contribution in [1.82, 2.24) is 19.1 Å². The number of nitrogens with zero attached hydrogens (tertiary/aromatic N) is 4. The molecule has 5 rings (SSSR count). The van der Waals surface area contributed by atoms with Crippen LogP contribution < -0.4 is 11.5 Å². The molecule has 0 radical (unpaired) electrons. The van der Waals surface area contributed by atoms with Gasteiger partial charge >= 0.3 is 0 Å². The average molecular weight is 518 g/mol. The monoisotopic (exact) mass is 517 g/mol. The van der Waals surface area contributed by atoms with Crippen molar-refractivity contribution in [2.45, 2.75) is 12.1 Å². The molecule has 8 nitrogen and oxygen atoms in total. The maximum Gasteiger partial charge on any atom is 0.249 e. The molecule has 2 aliphatic heterocycles. The van der Waals surface area contributed by atoms with Crippen LogP contribution in [0.5, 0.6) is 0 Å². The van der Waals surface area contributed by atoms with Crippen molar-refractivity contribution < 1.29 is 11.0 Å². The summed E-state index contributed by atoms with van der Waals surface area (Å²) in [6.07, 6.45) is 7.17. The van der Waals surface area contributed by atoms with Crippen molar-refractivity contribution in [3.63, 3.8) is 0 Å². The van der Waals surface area contributed by atoms with Crippen LogP contribution in [0.4, 0.5) is 0 Å². The lowest BCUT2D eigenvalue weighted by atomic mass is 10.3. The zero-order valence-electron chi connectivity index (χ0n) is 20.1. The summed E-state index contributed by atoms with van der Waals surface area (Å²) >= 11 is 8.38. The Bertz CT molecular complexity index is 1660. The quantitative estimate of drug-likeness (QED) is 0.271. The number of hydrogen-bond donors (Lipinski definition) is 4. The summed E-state index contributed by atoms with van der Waals surface area (Å²) in [4.78, 5) is 35.6. The van der Waals surface area contributed by atoms with Gasteiger partial charge in [-0.05, 0) is 72.8 Å². The SMILES string of the molecule is [2H]c1cc2cc3nc(cc4ccc(cc5nc(cc1n2C(=O)[C@@H](N)CS)C=C5)n4C(=O)[C@@H](N)CS)C=C3. The average Bonchev–Trinajstić information content (AvgIpc) is 3.67. The Morgan fingerprint density at radius 2 is 1.08 bits per heavy atom. The van der Waals surface area contributed by atoms with Crippen LogP contribution in [0.3, 0.4) is 0 Å². The molecule has 4 N–H and O–H groups in total. The van der Waals surface area contributed by atoms with Gasteiger partial charge in [0.25, 0.3) is 0 Å². The van der Waals surface area contributed by atoms with Gasteiger partial charge in [-0.3, -0.25) is 18.7 Å². The van der Waals surface area contributed by atoms with Crippen molar-refractivity contribution in [3.8, 4) is 0 Å². The first-order valence-electron chi connectivity index (χ1n) is 11.7. The van der Waals surface area contributed by atoms with Crippen molar-refractivity contribution in [2.75, 3.05) is 11.5 Å². The second-order valence-electron chi connectivity index (χ2n) is 8.37. The third-order valence-electron chi connectivity index (χ3n) is 5.81. The van der Waals surface area contributed by atoms with E-state index in [1.165, 1.54) is 4.57 Å². The van der Waals surface area contributed by atoms with Gasteiger partial charge in [0, 0.05) is 11.5 Å². The van der Waals surface area contributed by atoms with E-state index in [9.17, 15) is 9.59 Å². The molecule has 36 heavy (non-hydrogen) atoms. The molecule has 2 aliphatic rings. The van der Waals surface area contributed by atoms with Crippen LogP contribution >= 0.6 is 25.3 Å². The summed E-state index contributed by atoms with van der Waals surface area (Å²) in [5.74, 6) is -0.325. The molecule has 0 spiro atoms. The number of fused-ring (bicyclic) bond motifs is 8. The molecule has 0 fully saturated rings. The fourth-order valence-corrected chi connectivity index (χ4v) is 4.33. The number of thiol groups is 2. The highest BCUT2D eigenvalue weighted by Crippen LogP contribution is 2.21. The van der Waals surface area contributed by atoms with Gasteiger partial charge in [-0.2, -0.15) is 25.3 Å². The highest BCUT2D eigenvalue weighted by molar-refractivity contribution is 7.80. The van der Waals surface area contributed by atoms with E-state index < -0.39 is 12.1 Å². The second kappa shape index (κ2) is 9.90. The van der Waals surface area contributed by atoms with Crippen LogP contribution in [0, 0.1) is 0 Å². The highest BCUT2D eigenvalue weighted by atomic mass is 32.1. The lowest BCUT2D eigenvalue weighted by Crippen LogP contribution is -2.36. The molecule has 0 saturated carbocycles. The summed E-state index contributed by atoms with van der Waals surface area (Å²) in [5, 5.41) is 0. The van der Waals surface area contributed by atoms with E-state index >= 15 is 0 Å². The van der Waals surface area contributed by atoms with Crippen LogP contribution in [-0.4, -0.2) is 54.5 Å². The summed E-state index contributed by atoms with van der Waals surface area (Å²) in [5.41, 5.74) is 16.4. The van der Waals surface area contributed by atoms with Crippen molar-refractivity contribution in [2.24, 2.45) is 11.5 Å². The van der Waals surface area contributed by atoms with E-state index in [-0.39, 0.29) is 29.4 Å². The zero-order valence-corrected chi connectivity index (χ0v) is 20.9. The third kappa shape index (κ3) is 4.56. The first kappa shape index (κ1) is 23.0. The first-order chi connectivity index (χ1) is 17.8. The van der Waals surface area contributed by atoms with Crippen LogP contribution in [-0.2, 0) is 0 Å². The Morgan fingerprint density at radius 3 is 1.50 bits per heavy atom. The molecule has 3 aromatic heterocycles. The van der Waals surface area contributed by atoms with Gasteiger partial charge in [0.2, 0.25) is 11.8 Å². The van der Waals surface area contributed by atoms with Gasteiger partial charge in [-0.25, -0.2) is 9.97 Å². The van der Waals surface area contributed by atoms with Crippen molar-refractivity contribution >= 4 is 83.4 Å². The highest BCUT2D eigenvalue weighted by Gasteiger charge is 2.18. The molecule has 10 heteroatoms. The van der Waals surface area contributed by atoms with Crippen LogP contribution in [0.15, 0.2) is 48.5 Å². The molecule has 2 atom stereocenters. The van der Waals surface area contributed by atoms with E-state index in [2.05, 4.69) is 35.2 Å². The first-order valence-corrected chi connectivity index (χ1v) is 12.5. The van der Waals surface area contributed by atoms with Gasteiger partial charge in [-0.15, -0.1) is 0 Å². The van der Waals surface area contributed by atoms with E-state index in [1.54, 1.807) is 53.1 Å². The Labute approximate surface area is 219 Å². The predicted molar refractivity (Wildman–Crippen MR) is 151 cm³/mol. The lowest BCUT2D eigenvalue weighted by Gasteiger charge is -2.10. The van der Waals surface area contributed by atoms with Crippen LogP contribution in [0.1, 0.15) is 33.7 Å². The molecule has 0 unspecified atom stereocenters. The number of carbonyl (C=O) groups excluding carboxylic acids is 2. The van der Waals surface area contributed by atoms with Crippen LogP contribution in [0.25, 0.3) is 46.4 Å². The molecular formula is C26H24N6O2S2. The summed E-state index contributed by atoms with van der Waals surface area (Å²) in [7, 11) is 0. The fraction of sp³-hybridized carbons (Fsp3) is 0.154. The Balaban J connectivity index is 1.88. The molecule has 0 amide bonds. The minimum absolute atomic E-state index is 0.145. The minimum Gasteiger partial charge on any atom is -0.319 e. The van der Waals surface area contributed by atoms with E-state index in [0.717, 1.165) is 0 Å². The Kier molecular flexibility index (Phi) is 6.32. The maximum absolute atomic E-state index is 13.2. The summed E-state index contributed by atoms with van der Waals surface area (Å²) in [6, 6.07) is 10.7. The van der Waals surface area contributed by atoms with Gasteiger partial charge in [0.15, 0.2) is 0 Å². The lowest BCUT2D eigenvalue weighted by molar-refractivity contribution is 0.0891. The van der Waals surface area contributed by atoms with Gasteiger partial charge < -0.3 is 11.5 Å². The largest absolute Gasteiger partial charge is 0.319 e. The van der Waals surface area contributed by atoms with Gasteiger partial charge in [0.05, 0.1) is 58.3 Å². The Morgan fingerprint density at radius 1 is 0.722 bits per heavy atom. The second-order valence-corrected chi connectivity index (χ2v) is 9.10. The number of hydrogen-bond acceptors (Lipinski definition) is 8. The summed E-state index contributed by atoms with van der Waals surface area (Å²) < 4.78 is 11.5.